The molecule has 0 aliphatic carbocycles. The highest BCUT2D eigenvalue weighted by molar-refractivity contribution is 9.10. The molecule has 0 spiro atoms. The summed E-state index contributed by atoms with van der Waals surface area (Å²) in [5.74, 6) is 0.0745. The largest absolute Gasteiger partial charge is 0.483 e. The predicted molar refractivity (Wildman–Crippen MR) is 113 cm³/mol. The number of carbonyl (C=O) groups is 2. The van der Waals surface area contributed by atoms with Crippen LogP contribution in [0.1, 0.15) is 46.8 Å². The highest BCUT2D eigenvalue weighted by Crippen LogP contribution is 2.32. The molecule has 2 aromatic carbocycles. The highest BCUT2D eigenvalue weighted by Gasteiger charge is 2.13. The minimum absolute atomic E-state index is 0.196. The van der Waals surface area contributed by atoms with E-state index in [9.17, 15) is 9.59 Å². The SMILES string of the molecule is Cc1ccc(C(=O)NNC(=O)COc2cc(C)c(Br)cc2C(C)C)cc1Br. The first-order chi connectivity index (χ1) is 12.7. The Morgan fingerprint density at radius 1 is 1.00 bits per heavy atom. The number of amides is 2. The van der Waals surface area contributed by atoms with E-state index in [1.165, 1.54) is 0 Å². The molecule has 27 heavy (non-hydrogen) atoms. The molecule has 144 valence electrons. The summed E-state index contributed by atoms with van der Waals surface area (Å²) in [5.41, 5.74) is 8.26. The summed E-state index contributed by atoms with van der Waals surface area (Å²) in [6, 6.07) is 9.12. The van der Waals surface area contributed by atoms with Crippen LogP contribution in [0, 0.1) is 13.8 Å². The standard InChI is InChI=1S/C20H22Br2N2O3/c1-11(2)15-9-17(22)13(4)7-18(15)27-10-19(25)23-24-20(26)14-6-5-12(3)16(21)8-14/h5-9,11H,10H2,1-4H3,(H,23,25)(H,24,26). The lowest BCUT2D eigenvalue weighted by molar-refractivity contribution is -0.123. The first kappa shape index (κ1) is 21.4. The maximum Gasteiger partial charge on any atom is 0.276 e. The fourth-order valence-corrected chi connectivity index (χ4v) is 3.10. The van der Waals surface area contributed by atoms with E-state index in [4.69, 9.17) is 4.74 Å². The van der Waals surface area contributed by atoms with E-state index >= 15 is 0 Å². The Bertz CT molecular complexity index is 867. The molecule has 7 heteroatoms. The maximum atomic E-state index is 12.1. The summed E-state index contributed by atoms with van der Waals surface area (Å²) < 4.78 is 7.51. The number of ether oxygens (including phenoxy) is 1. The lowest BCUT2D eigenvalue weighted by atomic mass is 10.0. The van der Waals surface area contributed by atoms with Crippen LogP contribution in [-0.4, -0.2) is 18.4 Å². The Morgan fingerprint density at radius 2 is 1.67 bits per heavy atom. The molecule has 2 rings (SSSR count). The third kappa shape index (κ3) is 5.81. The van der Waals surface area contributed by atoms with Crippen molar-refractivity contribution in [3.05, 3.63) is 61.5 Å². The molecule has 0 fully saturated rings. The molecular weight excluding hydrogens is 476 g/mol. The number of hydrazine groups is 1. The molecule has 2 amide bonds. The Kier molecular flexibility index (Phi) is 7.44. The topological polar surface area (TPSA) is 67.4 Å². The molecule has 0 saturated heterocycles. The van der Waals surface area contributed by atoms with E-state index in [-0.39, 0.29) is 12.5 Å². The normalized spacial score (nSPS) is 10.6. The summed E-state index contributed by atoms with van der Waals surface area (Å²) >= 11 is 6.90. The molecule has 0 bridgehead atoms. The highest BCUT2D eigenvalue weighted by atomic mass is 79.9. The first-order valence-electron chi connectivity index (χ1n) is 8.47. The van der Waals surface area contributed by atoms with Crippen molar-refractivity contribution in [2.24, 2.45) is 0 Å². The van der Waals surface area contributed by atoms with Gasteiger partial charge in [-0.05, 0) is 60.7 Å². The zero-order chi connectivity index (χ0) is 20.1. The number of hydrogen-bond acceptors (Lipinski definition) is 3. The molecule has 5 nitrogen and oxygen atoms in total. The summed E-state index contributed by atoms with van der Waals surface area (Å²) in [5, 5.41) is 0. The number of hydrogen-bond donors (Lipinski definition) is 2. The van der Waals surface area contributed by atoms with Crippen LogP contribution in [0.25, 0.3) is 0 Å². The molecule has 0 heterocycles. The Hall–Kier alpha value is -1.86. The molecule has 0 aromatic heterocycles. The van der Waals surface area contributed by atoms with Crippen LogP contribution in [0.15, 0.2) is 39.3 Å². The molecule has 2 N–H and O–H groups in total. The minimum atomic E-state index is -0.440. The summed E-state index contributed by atoms with van der Waals surface area (Å²) in [6.07, 6.45) is 0. The number of halogens is 2. The van der Waals surface area contributed by atoms with Gasteiger partial charge in [0.1, 0.15) is 5.75 Å². The second kappa shape index (κ2) is 9.37. The van der Waals surface area contributed by atoms with Crippen LogP contribution < -0.4 is 15.6 Å². The van der Waals surface area contributed by atoms with Gasteiger partial charge in [0, 0.05) is 14.5 Å². The second-order valence-electron chi connectivity index (χ2n) is 6.55. The van der Waals surface area contributed by atoms with E-state index in [1.54, 1.807) is 12.1 Å². The van der Waals surface area contributed by atoms with Gasteiger partial charge in [0.25, 0.3) is 11.8 Å². The molecule has 2 aromatic rings. The van der Waals surface area contributed by atoms with Crippen molar-refractivity contribution in [2.75, 3.05) is 6.61 Å². The molecular formula is C20H22Br2N2O3. The van der Waals surface area contributed by atoms with Crippen LogP contribution in [-0.2, 0) is 4.79 Å². The molecule has 0 unspecified atom stereocenters. The maximum absolute atomic E-state index is 12.1. The van der Waals surface area contributed by atoms with Gasteiger partial charge < -0.3 is 4.74 Å². The Labute approximate surface area is 176 Å². The van der Waals surface area contributed by atoms with E-state index < -0.39 is 11.8 Å². The van der Waals surface area contributed by atoms with Crippen molar-refractivity contribution in [1.82, 2.24) is 10.9 Å². The molecule has 0 atom stereocenters. The summed E-state index contributed by atoms with van der Waals surface area (Å²) in [4.78, 5) is 24.2. The van der Waals surface area contributed by atoms with Gasteiger partial charge >= 0.3 is 0 Å². The number of aryl methyl sites for hydroxylation is 2. The van der Waals surface area contributed by atoms with Gasteiger partial charge in [-0.3, -0.25) is 20.4 Å². The summed E-state index contributed by atoms with van der Waals surface area (Å²) in [7, 11) is 0. The van der Waals surface area contributed by atoms with E-state index in [0.717, 1.165) is 25.6 Å². The first-order valence-corrected chi connectivity index (χ1v) is 10.1. The van der Waals surface area contributed by atoms with Gasteiger partial charge in [0.15, 0.2) is 6.61 Å². The fraction of sp³-hybridized carbons (Fsp3) is 0.300. The van der Waals surface area contributed by atoms with Crippen LogP contribution in [0.5, 0.6) is 5.75 Å². The van der Waals surface area contributed by atoms with E-state index in [0.29, 0.717) is 11.3 Å². The minimum Gasteiger partial charge on any atom is -0.483 e. The zero-order valence-electron chi connectivity index (χ0n) is 15.7. The van der Waals surface area contributed by atoms with Crippen molar-refractivity contribution in [3.63, 3.8) is 0 Å². The Morgan fingerprint density at radius 3 is 2.30 bits per heavy atom. The lowest BCUT2D eigenvalue weighted by Gasteiger charge is -2.16. The fourth-order valence-electron chi connectivity index (χ4n) is 2.36. The lowest BCUT2D eigenvalue weighted by Crippen LogP contribution is -2.43. The van der Waals surface area contributed by atoms with Crippen molar-refractivity contribution in [1.29, 1.82) is 0 Å². The molecule has 0 aliphatic rings. The third-order valence-electron chi connectivity index (χ3n) is 4.02. The van der Waals surface area contributed by atoms with E-state index in [1.807, 2.05) is 32.0 Å². The smallest absolute Gasteiger partial charge is 0.276 e. The quantitative estimate of drug-likeness (QED) is 0.583. The van der Waals surface area contributed by atoms with Gasteiger partial charge in [-0.15, -0.1) is 0 Å². The number of nitrogens with one attached hydrogen (secondary N) is 2. The predicted octanol–water partition coefficient (Wildman–Crippen LogP) is 4.79. The van der Waals surface area contributed by atoms with Gasteiger partial charge in [-0.2, -0.15) is 0 Å². The number of benzene rings is 2. The number of carbonyl (C=O) groups excluding carboxylic acids is 2. The van der Waals surface area contributed by atoms with Gasteiger partial charge in [0.2, 0.25) is 0 Å². The summed E-state index contributed by atoms with van der Waals surface area (Å²) in [6.45, 7) is 7.81. The average Bonchev–Trinajstić information content (AvgIpc) is 2.62. The van der Waals surface area contributed by atoms with Crippen molar-refractivity contribution < 1.29 is 14.3 Å². The van der Waals surface area contributed by atoms with Crippen molar-refractivity contribution in [2.45, 2.75) is 33.6 Å². The van der Waals surface area contributed by atoms with Crippen molar-refractivity contribution in [3.8, 4) is 5.75 Å². The van der Waals surface area contributed by atoms with Crippen LogP contribution in [0.3, 0.4) is 0 Å². The monoisotopic (exact) mass is 496 g/mol. The van der Waals surface area contributed by atoms with E-state index in [2.05, 4.69) is 56.6 Å². The second-order valence-corrected chi connectivity index (χ2v) is 8.26. The number of rotatable bonds is 5. The molecule has 0 radical (unpaired) electrons. The third-order valence-corrected chi connectivity index (χ3v) is 5.73. The van der Waals surface area contributed by atoms with Crippen LogP contribution in [0.4, 0.5) is 0 Å². The zero-order valence-corrected chi connectivity index (χ0v) is 18.8. The van der Waals surface area contributed by atoms with Crippen LogP contribution >= 0.6 is 31.9 Å². The molecule has 0 aliphatic heterocycles. The molecule has 0 saturated carbocycles. The van der Waals surface area contributed by atoms with Crippen LogP contribution in [0.2, 0.25) is 0 Å². The Balaban J connectivity index is 1.94. The average molecular weight is 498 g/mol. The van der Waals surface area contributed by atoms with Gasteiger partial charge in [-0.25, -0.2) is 0 Å². The van der Waals surface area contributed by atoms with Gasteiger partial charge in [-0.1, -0.05) is 51.8 Å². The van der Waals surface area contributed by atoms with Gasteiger partial charge in [0.05, 0.1) is 0 Å². The van der Waals surface area contributed by atoms with Crippen molar-refractivity contribution >= 4 is 43.7 Å².